The van der Waals surface area contributed by atoms with Gasteiger partial charge in [-0.3, -0.25) is 4.79 Å². The highest BCUT2D eigenvalue weighted by Gasteiger charge is 2.26. The lowest BCUT2D eigenvalue weighted by Crippen LogP contribution is -2.38. The summed E-state index contributed by atoms with van der Waals surface area (Å²) in [4.78, 5) is 11.3. The smallest absolute Gasteiger partial charge is 0.220 e. The Morgan fingerprint density at radius 3 is 2.71 bits per heavy atom. The van der Waals surface area contributed by atoms with Crippen molar-refractivity contribution in [3.05, 3.63) is 0 Å². The van der Waals surface area contributed by atoms with Crippen LogP contribution in [0.5, 0.6) is 0 Å². The molecule has 0 heterocycles. The third kappa shape index (κ3) is 4.09. The summed E-state index contributed by atoms with van der Waals surface area (Å²) in [5.41, 5.74) is 0. The van der Waals surface area contributed by atoms with E-state index < -0.39 is 0 Å². The third-order valence-corrected chi connectivity index (χ3v) is 2.81. The molecule has 0 atom stereocenters. The zero-order valence-corrected chi connectivity index (χ0v) is 8.96. The molecule has 1 fully saturated rings. The standard InChI is InChI=1S/C11H21NO2/c1-2-3-4-5-11(14)12-8-9-6-10(13)7-9/h9-10,13H,2-8H2,1H3,(H,12,14). The molecule has 2 N–H and O–H groups in total. The van der Waals surface area contributed by atoms with Gasteiger partial charge in [0.1, 0.15) is 0 Å². The largest absolute Gasteiger partial charge is 0.393 e. The molecule has 0 saturated heterocycles. The second kappa shape index (κ2) is 6.02. The molecule has 1 amide bonds. The van der Waals surface area contributed by atoms with E-state index in [1.54, 1.807) is 0 Å². The molecule has 0 aromatic carbocycles. The second-order valence-corrected chi connectivity index (χ2v) is 4.25. The van der Waals surface area contributed by atoms with Crippen LogP contribution < -0.4 is 5.32 Å². The van der Waals surface area contributed by atoms with E-state index >= 15 is 0 Å². The second-order valence-electron chi connectivity index (χ2n) is 4.25. The number of hydrogen-bond donors (Lipinski definition) is 2. The SMILES string of the molecule is CCCCCC(=O)NCC1CC(O)C1. The van der Waals surface area contributed by atoms with Crippen LogP contribution in [0.25, 0.3) is 0 Å². The van der Waals surface area contributed by atoms with Crippen molar-refractivity contribution >= 4 is 5.91 Å². The predicted octanol–water partition coefficient (Wildman–Crippen LogP) is 1.45. The maximum absolute atomic E-state index is 11.3. The Labute approximate surface area is 85.9 Å². The van der Waals surface area contributed by atoms with Crippen LogP contribution in [-0.4, -0.2) is 23.7 Å². The Balaban J connectivity index is 1.93. The van der Waals surface area contributed by atoms with Crippen molar-refractivity contribution in [3.63, 3.8) is 0 Å². The molecule has 0 aromatic heterocycles. The van der Waals surface area contributed by atoms with Gasteiger partial charge < -0.3 is 10.4 Å². The van der Waals surface area contributed by atoms with Crippen LogP contribution in [-0.2, 0) is 4.79 Å². The molecule has 1 aliphatic carbocycles. The molecular formula is C11H21NO2. The molecule has 1 saturated carbocycles. The predicted molar refractivity (Wildman–Crippen MR) is 55.9 cm³/mol. The molecule has 0 aromatic rings. The summed E-state index contributed by atoms with van der Waals surface area (Å²) in [5, 5.41) is 12.0. The molecule has 0 unspecified atom stereocenters. The highest BCUT2D eigenvalue weighted by molar-refractivity contribution is 5.75. The van der Waals surface area contributed by atoms with Crippen LogP contribution in [0, 0.1) is 5.92 Å². The van der Waals surface area contributed by atoms with Crippen LogP contribution >= 0.6 is 0 Å². The van der Waals surface area contributed by atoms with Crippen LogP contribution in [0.1, 0.15) is 45.4 Å². The van der Waals surface area contributed by atoms with Gasteiger partial charge in [-0.1, -0.05) is 19.8 Å². The van der Waals surface area contributed by atoms with Crippen molar-refractivity contribution in [1.29, 1.82) is 0 Å². The van der Waals surface area contributed by atoms with Gasteiger partial charge in [-0.15, -0.1) is 0 Å². The number of carbonyl (C=O) groups is 1. The maximum Gasteiger partial charge on any atom is 0.220 e. The first-order valence-electron chi connectivity index (χ1n) is 5.67. The van der Waals surface area contributed by atoms with E-state index in [4.69, 9.17) is 5.11 Å². The zero-order chi connectivity index (χ0) is 10.4. The van der Waals surface area contributed by atoms with Gasteiger partial charge in [-0.2, -0.15) is 0 Å². The lowest BCUT2D eigenvalue weighted by Gasteiger charge is -2.31. The summed E-state index contributed by atoms with van der Waals surface area (Å²) in [6.07, 6.45) is 5.54. The molecule has 1 aliphatic rings. The molecule has 1 rings (SSSR count). The Morgan fingerprint density at radius 2 is 2.14 bits per heavy atom. The summed E-state index contributed by atoms with van der Waals surface area (Å²) in [6.45, 7) is 2.88. The van der Waals surface area contributed by atoms with Crippen LogP contribution in [0.4, 0.5) is 0 Å². The molecule has 0 spiro atoms. The van der Waals surface area contributed by atoms with E-state index in [1.165, 1.54) is 0 Å². The molecule has 14 heavy (non-hydrogen) atoms. The summed E-state index contributed by atoms with van der Waals surface area (Å²) in [7, 11) is 0. The first-order chi connectivity index (χ1) is 6.72. The fraction of sp³-hybridized carbons (Fsp3) is 0.909. The van der Waals surface area contributed by atoms with Crippen molar-refractivity contribution in [3.8, 4) is 0 Å². The van der Waals surface area contributed by atoms with Gasteiger partial charge in [-0.05, 0) is 25.2 Å². The van der Waals surface area contributed by atoms with Crippen LogP contribution in [0.3, 0.4) is 0 Å². The van der Waals surface area contributed by atoms with E-state index in [2.05, 4.69) is 12.2 Å². The number of rotatable bonds is 6. The highest BCUT2D eigenvalue weighted by atomic mass is 16.3. The van der Waals surface area contributed by atoms with Crippen LogP contribution in [0.15, 0.2) is 0 Å². The van der Waals surface area contributed by atoms with Crippen molar-refractivity contribution in [2.45, 2.75) is 51.6 Å². The molecule has 0 aliphatic heterocycles. The van der Waals surface area contributed by atoms with Crippen molar-refractivity contribution in [2.75, 3.05) is 6.54 Å². The van der Waals surface area contributed by atoms with Crippen molar-refractivity contribution in [1.82, 2.24) is 5.32 Å². The number of nitrogens with one attached hydrogen (secondary N) is 1. The molecular weight excluding hydrogens is 178 g/mol. The first-order valence-corrected chi connectivity index (χ1v) is 5.67. The highest BCUT2D eigenvalue weighted by Crippen LogP contribution is 2.26. The van der Waals surface area contributed by atoms with Crippen LogP contribution in [0.2, 0.25) is 0 Å². The number of unbranched alkanes of at least 4 members (excludes halogenated alkanes) is 2. The monoisotopic (exact) mass is 199 g/mol. The Morgan fingerprint density at radius 1 is 1.43 bits per heavy atom. The fourth-order valence-corrected chi connectivity index (χ4v) is 1.75. The summed E-state index contributed by atoms with van der Waals surface area (Å²) in [6, 6.07) is 0. The van der Waals surface area contributed by atoms with Gasteiger partial charge in [0.15, 0.2) is 0 Å². The maximum atomic E-state index is 11.3. The first kappa shape index (κ1) is 11.5. The number of aliphatic hydroxyl groups is 1. The van der Waals surface area contributed by atoms with Gasteiger partial charge in [0, 0.05) is 13.0 Å². The van der Waals surface area contributed by atoms with Gasteiger partial charge >= 0.3 is 0 Å². The molecule has 3 heteroatoms. The van der Waals surface area contributed by atoms with E-state index in [-0.39, 0.29) is 12.0 Å². The van der Waals surface area contributed by atoms with E-state index in [1.807, 2.05) is 0 Å². The minimum Gasteiger partial charge on any atom is -0.393 e. The normalized spacial score (nSPS) is 25.6. The summed E-state index contributed by atoms with van der Waals surface area (Å²) < 4.78 is 0. The summed E-state index contributed by atoms with van der Waals surface area (Å²) >= 11 is 0. The Hall–Kier alpha value is -0.570. The quantitative estimate of drug-likeness (QED) is 0.636. The van der Waals surface area contributed by atoms with E-state index in [0.29, 0.717) is 12.3 Å². The van der Waals surface area contributed by atoms with Gasteiger partial charge in [-0.25, -0.2) is 0 Å². The third-order valence-electron chi connectivity index (χ3n) is 2.81. The molecule has 0 radical (unpaired) electrons. The minimum atomic E-state index is -0.114. The molecule has 0 bridgehead atoms. The van der Waals surface area contributed by atoms with Crippen molar-refractivity contribution < 1.29 is 9.90 Å². The molecule has 3 nitrogen and oxygen atoms in total. The fourth-order valence-electron chi connectivity index (χ4n) is 1.75. The molecule has 82 valence electrons. The number of aliphatic hydroxyl groups excluding tert-OH is 1. The minimum absolute atomic E-state index is 0.114. The topological polar surface area (TPSA) is 49.3 Å². The van der Waals surface area contributed by atoms with Gasteiger partial charge in [0.05, 0.1) is 6.10 Å². The van der Waals surface area contributed by atoms with E-state index in [0.717, 1.165) is 38.6 Å². The zero-order valence-electron chi connectivity index (χ0n) is 8.96. The van der Waals surface area contributed by atoms with E-state index in [9.17, 15) is 4.79 Å². The van der Waals surface area contributed by atoms with Gasteiger partial charge in [0.25, 0.3) is 0 Å². The average molecular weight is 199 g/mol. The van der Waals surface area contributed by atoms with Gasteiger partial charge in [0.2, 0.25) is 5.91 Å². The van der Waals surface area contributed by atoms with Crippen molar-refractivity contribution in [2.24, 2.45) is 5.92 Å². The average Bonchev–Trinajstić information content (AvgIpc) is 2.11. The Bertz CT molecular complexity index is 176. The lowest BCUT2D eigenvalue weighted by atomic mass is 9.82. The number of amides is 1. The Kier molecular flexibility index (Phi) is 4.94. The number of hydrogen-bond acceptors (Lipinski definition) is 2. The lowest BCUT2D eigenvalue weighted by molar-refractivity contribution is -0.121. The summed E-state index contributed by atoms with van der Waals surface area (Å²) in [5.74, 6) is 0.681. The number of carbonyl (C=O) groups excluding carboxylic acids is 1.